The number of piperidine rings is 1. The lowest BCUT2D eigenvalue weighted by molar-refractivity contribution is -0.127. The average Bonchev–Trinajstić information content (AvgIpc) is 2.57. The van der Waals surface area contributed by atoms with Gasteiger partial charge in [0.15, 0.2) is 0 Å². The van der Waals surface area contributed by atoms with Gasteiger partial charge in [-0.1, -0.05) is 60.2 Å². The number of rotatable bonds is 4. The van der Waals surface area contributed by atoms with Crippen LogP contribution in [0.2, 0.25) is 0 Å². The van der Waals surface area contributed by atoms with Gasteiger partial charge in [-0.25, -0.2) is 0 Å². The van der Waals surface area contributed by atoms with E-state index in [1.165, 1.54) is 50.5 Å². The van der Waals surface area contributed by atoms with E-state index >= 15 is 0 Å². The van der Waals surface area contributed by atoms with E-state index in [0.717, 1.165) is 36.9 Å². The van der Waals surface area contributed by atoms with Crippen molar-refractivity contribution in [1.29, 1.82) is 0 Å². The molecule has 1 saturated carbocycles. The minimum absolute atomic E-state index is 0.159. The Morgan fingerprint density at radius 3 is 2.60 bits per heavy atom. The quantitative estimate of drug-likeness (QED) is 0.771. The molecule has 3 nitrogen and oxygen atoms in total. The van der Waals surface area contributed by atoms with Crippen molar-refractivity contribution in [2.24, 2.45) is 5.92 Å². The van der Waals surface area contributed by atoms with Gasteiger partial charge < -0.3 is 5.32 Å². The number of hydrogen-bond acceptors (Lipinski definition) is 2. The van der Waals surface area contributed by atoms with Gasteiger partial charge >= 0.3 is 0 Å². The van der Waals surface area contributed by atoms with E-state index in [1.54, 1.807) is 0 Å². The lowest BCUT2D eigenvalue weighted by Crippen LogP contribution is -2.45. The number of likely N-dealkylation sites (tertiary alicyclic amines) is 1. The summed E-state index contributed by atoms with van der Waals surface area (Å²) in [6.45, 7) is 2.93. The van der Waals surface area contributed by atoms with Crippen molar-refractivity contribution in [1.82, 2.24) is 10.2 Å². The van der Waals surface area contributed by atoms with Crippen LogP contribution in [-0.2, 0) is 11.3 Å². The zero-order chi connectivity index (χ0) is 17.5. The molecule has 1 atom stereocenters. The van der Waals surface area contributed by atoms with Gasteiger partial charge in [-0.15, -0.1) is 0 Å². The topological polar surface area (TPSA) is 32.3 Å². The third-order valence-corrected chi connectivity index (χ3v) is 6.12. The summed E-state index contributed by atoms with van der Waals surface area (Å²) in [5.74, 6) is 0.454. The van der Waals surface area contributed by atoms with Crippen LogP contribution in [0.4, 0.5) is 0 Å². The minimum Gasteiger partial charge on any atom is -0.353 e. The number of halogens is 1. The maximum Gasteiger partial charge on any atom is 0.224 e. The Balaban J connectivity index is 1.50. The second kappa shape index (κ2) is 9.72. The molecule has 2 fully saturated rings. The van der Waals surface area contributed by atoms with Crippen molar-refractivity contribution in [3.05, 3.63) is 34.3 Å². The molecule has 0 bridgehead atoms. The summed E-state index contributed by atoms with van der Waals surface area (Å²) in [5, 5.41) is 3.38. The number of benzene rings is 1. The summed E-state index contributed by atoms with van der Waals surface area (Å²) in [6, 6.07) is 8.90. The van der Waals surface area contributed by atoms with Gasteiger partial charge in [-0.05, 0) is 49.9 Å². The van der Waals surface area contributed by atoms with E-state index in [4.69, 9.17) is 0 Å². The van der Waals surface area contributed by atoms with Crippen LogP contribution in [0.1, 0.15) is 63.4 Å². The summed E-state index contributed by atoms with van der Waals surface area (Å²) in [5.41, 5.74) is 1.32. The summed E-state index contributed by atoms with van der Waals surface area (Å²) >= 11 is 3.55. The first-order valence-corrected chi connectivity index (χ1v) is 10.8. The molecule has 4 heteroatoms. The molecule has 1 aliphatic carbocycles. The molecule has 1 aromatic rings. The fourth-order valence-electron chi connectivity index (χ4n) is 4.23. The van der Waals surface area contributed by atoms with Crippen molar-refractivity contribution < 1.29 is 4.79 Å². The van der Waals surface area contributed by atoms with Crippen LogP contribution in [0.15, 0.2) is 28.7 Å². The molecule has 1 unspecified atom stereocenters. The molecule has 0 spiro atoms. The van der Waals surface area contributed by atoms with Crippen LogP contribution in [-0.4, -0.2) is 29.9 Å². The fraction of sp³-hybridized carbons (Fsp3) is 0.667. The second-order valence-electron chi connectivity index (χ2n) is 7.75. The van der Waals surface area contributed by atoms with E-state index < -0.39 is 0 Å². The van der Waals surface area contributed by atoms with Crippen molar-refractivity contribution >= 4 is 21.8 Å². The van der Waals surface area contributed by atoms with E-state index in [1.807, 2.05) is 0 Å². The summed E-state index contributed by atoms with van der Waals surface area (Å²) < 4.78 is 1.13. The number of carbonyl (C=O) groups excluding carboxylic acids is 1. The first-order chi connectivity index (χ1) is 12.2. The Labute approximate surface area is 160 Å². The third kappa shape index (κ3) is 6.10. The molecule has 0 radical (unpaired) electrons. The zero-order valence-electron chi connectivity index (χ0n) is 15.2. The zero-order valence-corrected chi connectivity index (χ0v) is 16.8. The summed E-state index contributed by atoms with van der Waals surface area (Å²) in [4.78, 5) is 15.2. The highest BCUT2D eigenvalue weighted by molar-refractivity contribution is 9.10. The second-order valence-corrected chi connectivity index (χ2v) is 8.67. The number of carbonyl (C=O) groups is 1. The maximum atomic E-state index is 12.8. The van der Waals surface area contributed by atoms with Crippen LogP contribution >= 0.6 is 15.9 Å². The Kier molecular flexibility index (Phi) is 7.35. The largest absolute Gasteiger partial charge is 0.353 e. The van der Waals surface area contributed by atoms with Gasteiger partial charge in [0.1, 0.15) is 0 Å². The van der Waals surface area contributed by atoms with Gasteiger partial charge in [-0.3, -0.25) is 9.69 Å². The molecule has 1 saturated heterocycles. The monoisotopic (exact) mass is 406 g/mol. The molecule has 2 aliphatic rings. The lowest BCUT2D eigenvalue weighted by Gasteiger charge is -2.33. The molecule has 1 N–H and O–H groups in total. The highest BCUT2D eigenvalue weighted by Crippen LogP contribution is 2.22. The normalized spacial score (nSPS) is 23.6. The van der Waals surface area contributed by atoms with Crippen LogP contribution in [0.25, 0.3) is 0 Å². The van der Waals surface area contributed by atoms with Crippen molar-refractivity contribution in [3.8, 4) is 0 Å². The highest BCUT2D eigenvalue weighted by Gasteiger charge is 2.27. The van der Waals surface area contributed by atoms with Crippen LogP contribution in [0.3, 0.4) is 0 Å². The fourth-order valence-corrected chi connectivity index (χ4v) is 4.67. The van der Waals surface area contributed by atoms with Gasteiger partial charge in [0.05, 0.1) is 5.92 Å². The molecule has 0 aromatic heterocycles. The molecule has 1 amide bonds. The van der Waals surface area contributed by atoms with E-state index in [2.05, 4.69) is 50.4 Å². The molecule has 1 aromatic carbocycles. The first-order valence-electron chi connectivity index (χ1n) is 9.98. The molecule has 3 rings (SSSR count). The summed E-state index contributed by atoms with van der Waals surface area (Å²) in [7, 11) is 0. The smallest absolute Gasteiger partial charge is 0.224 e. The minimum atomic E-state index is 0.159. The highest BCUT2D eigenvalue weighted by atomic mass is 79.9. The maximum absolute atomic E-state index is 12.8. The SMILES string of the molecule is O=C(NC1CCCCCCC1)C1CCCN(Cc2cccc(Br)c2)C1. The Bertz CT molecular complexity index is 555. The number of hydrogen-bond donors (Lipinski definition) is 1. The first kappa shape index (κ1) is 18.9. The molecule has 1 heterocycles. The molecular weight excluding hydrogens is 376 g/mol. The number of amides is 1. The van der Waals surface area contributed by atoms with Gasteiger partial charge in [0, 0.05) is 23.6 Å². The van der Waals surface area contributed by atoms with Gasteiger partial charge in [-0.2, -0.15) is 0 Å². The van der Waals surface area contributed by atoms with E-state index in [9.17, 15) is 4.79 Å². The summed E-state index contributed by atoms with van der Waals surface area (Å²) in [6.07, 6.45) is 11.1. The number of nitrogens with one attached hydrogen (secondary N) is 1. The average molecular weight is 407 g/mol. The standard InChI is InChI=1S/C21H31BrN2O/c22-19-10-6-8-17(14-19)15-24-13-7-9-18(16-24)21(25)23-20-11-4-2-1-3-5-12-20/h6,8,10,14,18,20H,1-5,7,9,11-13,15-16H2,(H,23,25). The Morgan fingerprint density at radius 1 is 1.08 bits per heavy atom. The molecule has 1 aliphatic heterocycles. The van der Waals surface area contributed by atoms with Crippen molar-refractivity contribution in [3.63, 3.8) is 0 Å². The van der Waals surface area contributed by atoms with Crippen LogP contribution in [0.5, 0.6) is 0 Å². The number of nitrogens with zero attached hydrogens (tertiary/aromatic N) is 1. The molecular formula is C21H31BrN2O. The molecule has 138 valence electrons. The predicted molar refractivity (Wildman–Crippen MR) is 106 cm³/mol. The Morgan fingerprint density at radius 2 is 1.84 bits per heavy atom. The third-order valence-electron chi connectivity index (χ3n) is 5.62. The lowest BCUT2D eigenvalue weighted by atomic mass is 9.93. The van der Waals surface area contributed by atoms with Crippen molar-refractivity contribution in [2.75, 3.05) is 13.1 Å². The van der Waals surface area contributed by atoms with E-state index in [-0.39, 0.29) is 5.92 Å². The Hall–Kier alpha value is -0.870. The van der Waals surface area contributed by atoms with Crippen LogP contribution < -0.4 is 5.32 Å². The van der Waals surface area contributed by atoms with Crippen LogP contribution in [0, 0.1) is 5.92 Å². The van der Waals surface area contributed by atoms with Gasteiger partial charge in [0.2, 0.25) is 5.91 Å². The van der Waals surface area contributed by atoms with E-state index in [0.29, 0.717) is 11.9 Å². The van der Waals surface area contributed by atoms with Gasteiger partial charge in [0.25, 0.3) is 0 Å². The molecule has 25 heavy (non-hydrogen) atoms. The van der Waals surface area contributed by atoms with Crippen molar-refractivity contribution in [2.45, 2.75) is 70.4 Å². The predicted octanol–water partition coefficient (Wildman–Crippen LogP) is 4.89.